The van der Waals surface area contributed by atoms with E-state index in [2.05, 4.69) is 21.4 Å². The zero-order valence-electron chi connectivity index (χ0n) is 15.2. The fourth-order valence-electron chi connectivity index (χ4n) is 3.33. The van der Waals surface area contributed by atoms with Crippen LogP contribution in [0.25, 0.3) is 5.00 Å². The first-order chi connectivity index (χ1) is 13.3. The molecular formula is C18H23N6O2S+. The summed E-state index contributed by atoms with van der Waals surface area (Å²) in [7, 11) is 0. The molecule has 0 radical (unpaired) electrons. The molecule has 4 rings (SSSR count). The zero-order chi connectivity index (χ0) is 18.6. The van der Waals surface area contributed by atoms with E-state index in [1.54, 1.807) is 0 Å². The van der Waals surface area contributed by atoms with Crippen molar-refractivity contribution in [1.82, 2.24) is 19.8 Å². The average molecular weight is 387 g/mol. The first-order valence-electron chi connectivity index (χ1n) is 9.13. The number of rotatable bonds is 6. The number of quaternary nitrogens is 1. The maximum absolute atomic E-state index is 12.5. The zero-order valence-corrected chi connectivity index (χ0v) is 16.1. The Morgan fingerprint density at radius 3 is 2.70 bits per heavy atom. The number of para-hydroxylation sites is 2. The number of nitrogens with one attached hydrogen (secondary N) is 1. The maximum Gasteiger partial charge on any atom is 0.374 e. The van der Waals surface area contributed by atoms with Crippen LogP contribution in [-0.4, -0.2) is 52.6 Å². The summed E-state index contributed by atoms with van der Waals surface area (Å²) in [6, 6.07) is 11.9. The van der Waals surface area contributed by atoms with Gasteiger partial charge in [0.05, 0.1) is 38.5 Å². The number of thiophene rings is 1. The van der Waals surface area contributed by atoms with Crippen molar-refractivity contribution in [3.63, 3.8) is 0 Å². The molecule has 0 saturated carbocycles. The lowest BCUT2D eigenvalue weighted by Gasteiger charge is -2.34. The van der Waals surface area contributed by atoms with E-state index in [0.29, 0.717) is 13.3 Å². The van der Waals surface area contributed by atoms with Gasteiger partial charge in [-0.3, -0.25) is 0 Å². The highest BCUT2D eigenvalue weighted by atomic mass is 32.1. The first-order valence-corrected chi connectivity index (χ1v) is 10.0. The van der Waals surface area contributed by atoms with Crippen molar-refractivity contribution >= 4 is 17.0 Å². The van der Waals surface area contributed by atoms with Crippen LogP contribution in [0.2, 0.25) is 0 Å². The predicted octanol–water partition coefficient (Wildman–Crippen LogP) is 0.252. The Hall–Kier alpha value is -2.65. The van der Waals surface area contributed by atoms with E-state index in [4.69, 9.17) is 4.74 Å². The summed E-state index contributed by atoms with van der Waals surface area (Å²) in [4.78, 5) is 16.2. The first kappa shape index (κ1) is 17.7. The predicted molar refractivity (Wildman–Crippen MR) is 104 cm³/mol. The molecule has 1 aromatic carbocycles. The van der Waals surface area contributed by atoms with Crippen LogP contribution in [0, 0.1) is 0 Å². The van der Waals surface area contributed by atoms with Crippen LogP contribution in [-0.2, 0) is 6.67 Å². The molecule has 1 fully saturated rings. The van der Waals surface area contributed by atoms with Gasteiger partial charge in [0.25, 0.3) is 0 Å². The lowest BCUT2D eigenvalue weighted by Crippen LogP contribution is -3.14. The van der Waals surface area contributed by atoms with E-state index in [9.17, 15) is 4.79 Å². The Labute approximate surface area is 161 Å². The smallest absolute Gasteiger partial charge is 0.374 e. The van der Waals surface area contributed by atoms with Gasteiger partial charge in [-0.15, -0.1) is 20.7 Å². The molecule has 3 heterocycles. The van der Waals surface area contributed by atoms with Crippen molar-refractivity contribution in [2.75, 3.05) is 37.7 Å². The number of tetrazole rings is 1. The Morgan fingerprint density at radius 2 is 1.96 bits per heavy atom. The molecule has 8 nitrogen and oxygen atoms in total. The number of piperazine rings is 1. The summed E-state index contributed by atoms with van der Waals surface area (Å²) < 4.78 is 8.57. The fourth-order valence-corrected chi connectivity index (χ4v) is 4.00. The third-order valence-electron chi connectivity index (χ3n) is 4.70. The molecule has 2 aromatic heterocycles. The van der Waals surface area contributed by atoms with Crippen molar-refractivity contribution in [3.8, 4) is 10.8 Å². The summed E-state index contributed by atoms with van der Waals surface area (Å²) in [5.41, 5.74) is 0.952. The topological polar surface area (TPSA) is 69.6 Å². The maximum atomic E-state index is 12.5. The molecule has 0 aliphatic carbocycles. The fraction of sp³-hybridized carbons (Fsp3) is 0.389. The van der Waals surface area contributed by atoms with Gasteiger partial charge in [0, 0.05) is 0 Å². The average Bonchev–Trinajstić information content (AvgIpc) is 3.34. The van der Waals surface area contributed by atoms with E-state index >= 15 is 0 Å². The number of hydrogen-bond donors (Lipinski definition) is 1. The quantitative estimate of drug-likeness (QED) is 0.657. The lowest BCUT2D eigenvalue weighted by atomic mass is 10.2. The molecule has 0 amide bonds. The molecular weight excluding hydrogens is 364 g/mol. The summed E-state index contributed by atoms with van der Waals surface area (Å²) in [6.45, 7) is 6.87. The molecule has 0 unspecified atom stereocenters. The van der Waals surface area contributed by atoms with Crippen LogP contribution in [0.3, 0.4) is 0 Å². The minimum absolute atomic E-state index is 0.186. The van der Waals surface area contributed by atoms with Crippen LogP contribution in [0.5, 0.6) is 5.75 Å². The molecule has 1 aliphatic rings. The summed E-state index contributed by atoms with van der Waals surface area (Å²) >= 11 is 1.47. The second-order valence-corrected chi connectivity index (χ2v) is 7.35. The molecule has 3 aromatic rings. The Morgan fingerprint density at radius 1 is 1.15 bits per heavy atom. The molecule has 27 heavy (non-hydrogen) atoms. The summed E-state index contributed by atoms with van der Waals surface area (Å²) in [5.74, 6) is 0.929. The van der Waals surface area contributed by atoms with Gasteiger partial charge in [-0.2, -0.15) is 0 Å². The third-order valence-corrected chi connectivity index (χ3v) is 5.55. The number of hydrogen-bond acceptors (Lipinski definition) is 6. The van der Waals surface area contributed by atoms with Gasteiger partial charge in [0.1, 0.15) is 10.8 Å². The second-order valence-electron chi connectivity index (χ2n) is 6.42. The minimum Gasteiger partial charge on any atom is -0.492 e. The van der Waals surface area contributed by atoms with Crippen LogP contribution < -0.4 is 20.2 Å². The highest BCUT2D eigenvalue weighted by Gasteiger charge is 2.23. The molecule has 0 bridgehead atoms. The van der Waals surface area contributed by atoms with Crippen molar-refractivity contribution in [2.45, 2.75) is 13.6 Å². The molecule has 1 aliphatic heterocycles. The van der Waals surface area contributed by atoms with Crippen molar-refractivity contribution < 1.29 is 9.64 Å². The highest BCUT2D eigenvalue weighted by molar-refractivity contribution is 7.12. The number of aromatic nitrogens is 4. The van der Waals surface area contributed by atoms with Gasteiger partial charge in [0.15, 0.2) is 6.67 Å². The van der Waals surface area contributed by atoms with Crippen LogP contribution in [0.4, 0.5) is 5.69 Å². The van der Waals surface area contributed by atoms with Gasteiger partial charge in [0.2, 0.25) is 0 Å². The number of anilines is 1. The van der Waals surface area contributed by atoms with Crippen LogP contribution in [0.1, 0.15) is 6.92 Å². The summed E-state index contributed by atoms with van der Waals surface area (Å²) in [5, 5.41) is 10.8. The third kappa shape index (κ3) is 3.74. The standard InChI is InChI=1S/C18H22N6O2S/c1-2-26-16-7-4-3-6-15(16)22-11-9-21(10-12-22)14-23-18(25)24(20-19-23)17-8-5-13-27-17/h3-8,13H,2,9-12,14H2,1H3/p+1. The van der Waals surface area contributed by atoms with Crippen molar-refractivity contribution in [2.24, 2.45) is 0 Å². The monoisotopic (exact) mass is 387 g/mol. The Bertz CT molecular complexity index is 927. The van der Waals surface area contributed by atoms with Gasteiger partial charge in [-0.1, -0.05) is 12.1 Å². The largest absolute Gasteiger partial charge is 0.492 e. The van der Waals surface area contributed by atoms with Gasteiger partial charge < -0.3 is 14.5 Å². The van der Waals surface area contributed by atoms with Gasteiger partial charge in [-0.05, 0) is 47.0 Å². The van der Waals surface area contributed by atoms with Crippen molar-refractivity contribution in [3.05, 3.63) is 52.3 Å². The Kier molecular flexibility index (Phi) is 5.21. The molecule has 9 heteroatoms. The number of benzene rings is 1. The van der Waals surface area contributed by atoms with Gasteiger partial charge in [-0.25, -0.2) is 4.79 Å². The molecule has 142 valence electrons. The normalized spacial score (nSPS) is 15.2. The van der Waals surface area contributed by atoms with E-state index in [1.807, 2.05) is 42.6 Å². The molecule has 1 saturated heterocycles. The minimum atomic E-state index is -0.186. The SMILES string of the molecule is CCOc1ccccc1N1CC[NH+](Cn2nnn(-c3cccs3)c2=O)CC1. The number of nitrogens with zero attached hydrogens (tertiary/aromatic N) is 5. The molecule has 0 atom stereocenters. The van der Waals surface area contributed by atoms with Crippen LogP contribution >= 0.6 is 11.3 Å². The van der Waals surface area contributed by atoms with E-state index in [-0.39, 0.29) is 5.69 Å². The highest BCUT2D eigenvalue weighted by Crippen LogP contribution is 2.27. The van der Waals surface area contributed by atoms with E-state index in [0.717, 1.165) is 42.6 Å². The lowest BCUT2D eigenvalue weighted by molar-refractivity contribution is -0.924. The molecule has 0 spiro atoms. The Balaban J connectivity index is 1.40. The van der Waals surface area contributed by atoms with Gasteiger partial charge >= 0.3 is 5.69 Å². The van der Waals surface area contributed by atoms with Crippen molar-refractivity contribution in [1.29, 1.82) is 0 Å². The molecule has 1 N–H and O–H groups in total. The van der Waals surface area contributed by atoms with Crippen LogP contribution in [0.15, 0.2) is 46.6 Å². The summed E-state index contributed by atoms with van der Waals surface area (Å²) in [6.07, 6.45) is 0. The van der Waals surface area contributed by atoms with E-state index < -0.39 is 0 Å². The van der Waals surface area contributed by atoms with E-state index in [1.165, 1.54) is 25.6 Å². The number of ether oxygens (including phenoxy) is 1. The second kappa shape index (κ2) is 7.93.